The predicted octanol–water partition coefficient (Wildman–Crippen LogP) is 1.05. The summed E-state index contributed by atoms with van der Waals surface area (Å²) >= 11 is 0. The summed E-state index contributed by atoms with van der Waals surface area (Å²) in [6, 6.07) is 5.66. The third-order valence-corrected chi connectivity index (χ3v) is 3.21. The van der Waals surface area contributed by atoms with E-state index in [-0.39, 0.29) is 29.5 Å². The molecule has 1 heterocycles. The van der Waals surface area contributed by atoms with E-state index in [0.717, 1.165) is 0 Å². The zero-order chi connectivity index (χ0) is 16.3. The van der Waals surface area contributed by atoms with Crippen LogP contribution in [0.15, 0.2) is 29.1 Å². The van der Waals surface area contributed by atoms with Gasteiger partial charge >= 0.3 is 0 Å². The number of hydrogen-bond acceptors (Lipinski definition) is 5. The molecule has 0 aliphatic carbocycles. The minimum atomic E-state index is -0.508. The zero-order valence-electron chi connectivity index (χ0n) is 12.2. The Morgan fingerprint density at radius 1 is 1.41 bits per heavy atom. The molecule has 22 heavy (non-hydrogen) atoms. The lowest BCUT2D eigenvalue weighted by atomic mass is 10.2. The molecule has 0 spiro atoms. The Balaban J connectivity index is 2.56. The lowest BCUT2D eigenvalue weighted by Crippen LogP contribution is -2.28. The number of nitro groups is 1. The molecule has 0 atom stereocenters. The predicted molar refractivity (Wildman–Crippen MR) is 80.1 cm³/mol. The number of nitrogens with zero attached hydrogens (tertiary/aromatic N) is 2. The Hall–Kier alpha value is -2.90. The Bertz CT molecular complexity index is 797. The molecule has 1 aromatic carbocycles. The first-order valence-corrected chi connectivity index (χ1v) is 6.63. The van der Waals surface area contributed by atoms with Crippen LogP contribution in [0.1, 0.15) is 6.92 Å². The standard InChI is InChI=1S/C14H15N3O5/c1-3-16-11-5-4-10(17(20)21)6-9(11)7-12(14(16)19)22-8-13(18)15-2/h4-7H,3,8H2,1-2H3,(H,15,18). The number of fused-ring (bicyclic) bond motifs is 1. The zero-order valence-corrected chi connectivity index (χ0v) is 12.2. The summed E-state index contributed by atoms with van der Waals surface area (Å²) in [5, 5.41) is 13.7. The van der Waals surface area contributed by atoms with Crippen molar-refractivity contribution in [1.82, 2.24) is 9.88 Å². The number of likely N-dealkylation sites (N-methyl/N-ethyl adjacent to an activating group) is 1. The summed E-state index contributed by atoms with van der Waals surface area (Å²) in [4.78, 5) is 33.9. The van der Waals surface area contributed by atoms with Crippen molar-refractivity contribution in [2.45, 2.75) is 13.5 Å². The van der Waals surface area contributed by atoms with Crippen molar-refractivity contribution in [3.05, 3.63) is 44.7 Å². The van der Waals surface area contributed by atoms with Gasteiger partial charge < -0.3 is 14.6 Å². The number of nitro benzene ring substituents is 1. The van der Waals surface area contributed by atoms with Gasteiger partial charge in [0.1, 0.15) is 0 Å². The van der Waals surface area contributed by atoms with E-state index in [2.05, 4.69) is 5.32 Å². The van der Waals surface area contributed by atoms with Crippen molar-refractivity contribution >= 4 is 22.5 Å². The Morgan fingerprint density at radius 3 is 2.73 bits per heavy atom. The number of amides is 1. The van der Waals surface area contributed by atoms with Gasteiger partial charge in [0.2, 0.25) is 0 Å². The summed E-state index contributed by atoms with van der Waals surface area (Å²) in [5.74, 6) is -0.389. The van der Waals surface area contributed by atoms with Crippen LogP contribution in [0.3, 0.4) is 0 Å². The van der Waals surface area contributed by atoms with Gasteiger partial charge in [-0.1, -0.05) is 0 Å². The molecule has 0 unspecified atom stereocenters. The minimum Gasteiger partial charge on any atom is -0.478 e. The van der Waals surface area contributed by atoms with Crippen molar-refractivity contribution in [2.24, 2.45) is 0 Å². The Morgan fingerprint density at radius 2 is 2.14 bits per heavy atom. The number of nitrogens with one attached hydrogen (secondary N) is 1. The maximum Gasteiger partial charge on any atom is 0.293 e. The number of aryl methyl sites for hydroxylation is 1. The fourth-order valence-electron chi connectivity index (χ4n) is 2.10. The molecule has 0 saturated carbocycles. The highest BCUT2D eigenvalue weighted by Crippen LogP contribution is 2.22. The monoisotopic (exact) mass is 305 g/mol. The van der Waals surface area contributed by atoms with E-state index in [1.165, 1.54) is 35.9 Å². The molecular formula is C14H15N3O5. The summed E-state index contributed by atoms with van der Waals surface area (Å²) < 4.78 is 6.67. The van der Waals surface area contributed by atoms with Gasteiger partial charge in [-0.05, 0) is 19.1 Å². The van der Waals surface area contributed by atoms with Crippen LogP contribution < -0.4 is 15.6 Å². The number of benzene rings is 1. The first-order valence-electron chi connectivity index (χ1n) is 6.63. The van der Waals surface area contributed by atoms with Crippen molar-refractivity contribution in [3.63, 3.8) is 0 Å². The SMILES string of the molecule is CCn1c(=O)c(OCC(=O)NC)cc2cc([N+](=O)[O-])ccc21. The van der Waals surface area contributed by atoms with Gasteiger partial charge in [0.25, 0.3) is 17.2 Å². The summed E-state index contributed by atoms with van der Waals surface area (Å²) in [5.41, 5.74) is 0.115. The van der Waals surface area contributed by atoms with Crippen LogP contribution in [0, 0.1) is 10.1 Å². The molecule has 1 amide bonds. The molecule has 1 N–H and O–H groups in total. The number of hydrogen-bond donors (Lipinski definition) is 1. The second-order valence-corrected chi connectivity index (χ2v) is 4.52. The fraction of sp³-hybridized carbons (Fsp3) is 0.286. The largest absolute Gasteiger partial charge is 0.478 e. The number of rotatable bonds is 5. The second kappa shape index (κ2) is 6.25. The topological polar surface area (TPSA) is 103 Å². The average Bonchev–Trinajstić information content (AvgIpc) is 2.52. The molecule has 0 saturated heterocycles. The van der Waals surface area contributed by atoms with Crippen LogP contribution in [0.2, 0.25) is 0 Å². The maximum absolute atomic E-state index is 12.3. The van der Waals surface area contributed by atoms with Gasteiger partial charge in [-0.2, -0.15) is 0 Å². The normalized spacial score (nSPS) is 10.5. The summed E-state index contributed by atoms with van der Waals surface area (Å²) in [6.07, 6.45) is 0. The number of ether oxygens (including phenoxy) is 1. The molecule has 8 heteroatoms. The molecular weight excluding hydrogens is 290 g/mol. The van der Waals surface area contributed by atoms with E-state index in [4.69, 9.17) is 4.74 Å². The van der Waals surface area contributed by atoms with Gasteiger partial charge in [-0.25, -0.2) is 0 Å². The first-order chi connectivity index (χ1) is 10.5. The third kappa shape index (κ3) is 2.90. The molecule has 0 aliphatic rings. The van der Waals surface area contributed by atoms with Crippen molar-refractivity contribution in [1.29, 1.82) is 0 Å². The van der Waals surface area contributed by atoms with Crippen LogP contribution in [0.25, 0.3) is 10.9 Å². The van der Waals surface area contributed by atoms with Gasteiger partial charge in [-0.15, -0.1) is 0 Å². The van der Waals surface area contributed by atoms with Crippen LogP contribution in [-0.2, 0) is 11.3 Å². The lowest BCUT2D eigenvalue weighted by Gasteiger charge is -2.11. The maximum atomic E-state index is 12.3. The lowest BCUT2D eigenvalue weighted by molar-refractivity contribution is -0.384. The number of pyridine rings is 1. The Labute approximate surface area is 125 Å². The molecule has 2 aromatic rings. The molecule has 0 aliphatic heterocycles. The number of non-ortho nitro benzene ring substituents is 1. The molecule has 116 valence electrons. The van der Waals surface area contributed by atoms with E-state index >= 15 is 0 Å². The third-order valence-electron chi connectivity index (χ3n) is 3.21. The van der Waals surface area contributed by atoms with Gasteiger partial charge in [0, 0.05) is 31.1 Å². The van der Waals surface area contributed by atoms with E-state index in [9.17, 15) is 19.7 Å². The van der Waals surface area contributed by atoms with Gasteiger partial charge in [-0.3, -0.25) is 19.7 Å². The molecule has 2 rings (SSSR count). The highest BCUT2D eigenvalue weighted by atomic mass is 16.6. The van der Waals surface area contributed by atoms with Crippen LogP contribution in [0.4, 0.5) is 5.69 Å². The molecule has 0 radical (unpaired) electrons. The number of aromatic nitrogens is 1. The van der Waals surface area contributed by atoms with Crippen LogP contribution in [-0.4, -0.2) is 29.1 Å². The van der Waals surface area contributed by atoms with E-state index in [1.807, 2.05) is 0 Å². The summed E-state index contributed by atoms with van der Waals surface area (Å²) in [6.45, 7) is 1.87. The van der Waals surface area contributed by atoms with Crippen molar-refractivity contribution in [2.75, 3.05) is 13.7 Å². The first kappa shape index (κ1) is 15.5. The number of carbonyl (C=O) groups excluding carboxylic acids is 1. The smallest absolute Gasteiger partial charge is 0.293 e. The molecule has 0 bridgehead atoms. The van der Waals surface area contributed by atoms with Gasteiger partial charge in [0.05, 0.1) is 10.4 Å². The summed E-state index contributed by atoms with van der Waals surface area (Å²) in [7, 11) is 1.46. The molecule has 8 nitrogen and oxygen atoms in total. The van der Waals surface area contributed by atoms with E-state index in [0.29, 0.717) is 17.4 Å². The highest BCUT2D eigenvalue weighted by molar-refractivity contribution is 5.83. The Kier molecular flexibility index (Phi) is 4.40. The van der Waals surface area contributed by atoms with Gasteiger partial charge in [0.15, 0.2) is 12.4 Å². The van der Waals surface area contributed by atoms with Crippen molar-refractivity contribution in [3.8, 4) is 5.75 Å². The van der Waals surface area contributed by atoms with E-state index in [1.54, 1.807) is 6.92 Å². The highest BCUT2D eigenvalue weighted by Gasteiger charge is 2.14. The fourth-order valence-corrected chi connectivity index (χ4v) is 2.10. The quantitative estimate of drug-likeness (QED) is 0.657. The number of carbonyl (C=O) groups is 1. The average molecular weight is 305 g/mol. The second-order valence-electron chi connectivity index (χ2n) is 4.52. The molecule has 1 aromatic heterocycles. The van der Waals surface area contributed by atoms with Crippen LogP contribution >= 0.6 is 0 Å². The van der Waals surface area contributed by atoms with E-state index < -0.39 is 4.92 Å². The molecule has 0 fully saturated rings. The van der Waals surface area contributed by atoms with Crippen molar-refractivity contribution < 1.29 is 14.5 Å². The van der Waals surface area contributed by atoms with Crippen LogP contribution in [0.5, 0.6) is 5.75 Å². The minimum absolute atomic E-state index is 0.0153.